The van der Waals surface area contributed by atoms with Gasteiger partial charge in [0.25, 0.3) is 0 Å². The van der Waals surface area contributed by atoms with Gasteiger partial charge in [-0.25, -0.2) is 4.18 Å². The third-order valence-electron chi connectivity index (χ3n) is 12.4. The number of aliphatic hydroxyl groups excluding tert-OH is 3. The standard InChI is InChI=1S/C61H102O12S/c1-3-5-7-9-11-13-15-17-19-21-23-25-27-29-31-33-35-37-39-41-43-45-47-49-51-69-53-55(54-70-61-59(65)60(73-74(66,67)68)58(64)56(52-62)72-61)71-57(63)50-48-46-44-42-40-38-36-34-32-30-28-26-24-22-20-18-16-14-12-10-8-6-4-2/h5,7,11,13,16-19,22-25,29,31,35,37,41,43,55-56,58-62,64-65H,3-4,6,8-10,12,14-15,20-21,26-28,30,32-34,36,38-40,42,44-54H2,1-2H3,(H,66,67,68)/b7-5-,13-11-,18-16-,19-17-,24-22-,25-23-,31-29-,37-35-,43-41-. The first-order chi connectivity index (χ1) is 36.1. The Kier molecular flexibility index (Phi) is 47.0. The van der Waals surface area contributed by atoms with Crippen LogP contribution in [0, 0.1) is 0 Å². The van der Waals surface area contributed by atoms with E-state index in [1.807, 2.05) is 0 Å². The van der Waals surface area contributed by atoms with Gasteiger partial charge in [0.05, 0.1) is 19.8 Å². The number of carbonyl (C=O) groups excluding carboxylic acids is 1. The number of hydrogen-bond acceptors (Lipinski definition) is 11. The molecular formula is C61H102O12S. The summed E-state index contributed by atoms with van der Waals surface area (Å²) in [7, 11) is -5.08. The Morgan fingerprint density at radius 2 is 0.932 bits per heavy atom. The Bertz CT molecular complexity index is 1700. The molecule has 1 rings (SSSR count). The quantitative estimate of drug-likeness (QED) is 0.0196. The zero-order valence-corrected chi connectivity index (χ0v) is 46.7. The lowest BCUT2D eigenvalue weighted by molar-refractivity contribution is -0.301. The van der Waals surface area contributed by atoms with Gasteiger partial charge in [-0.3, -0.25) is 9.35 Å². The van der Waals surface area contributed by atoms with Gasteiger partial charge in [-0.1, -0.05) is 207 Å². The fourth-order valence-electron chi connectivity index (χ4n) is 8.09. The van der Waals surface area contributed by atoms with Gasteiger partial charge in [-0.2, -0.15) is 8.42 Å². The van der Waals surface area contributed by atoms with Crippen molar-refractivity contribution in [2.45, 2.75) is 243 Å². The summed E-state index contributed by atoms with van der Waals surface area (Å²) in [6, 6.07) is 0. The number of aliphatic hydroxyl groups is 3. The van der Waals surface area contributed by atoms with Crippen LogP contribution in [-0.4, -0.2) is 97.5 Å². The summed E-state index contributed by atoms with van der Waals surface area (Å²) in [6.45, 7) is 3.76. The number of allylic oxidation sites excluding steroid dienone is 18. The second kappa shape index (κ2) is 50.6. The van der Waals surface area contributed by atoms with Gasteiger partial charge >= 0.3 is 16.4 Å². The van der Waals surface area contributed by atoms with Gasteiger partial charge in [-0.15, -0.1) is 0 Å². The van der Waals surface area contributed by atoms with Crippen molar-refractivity contribution in [2.24, 2.45) is 0 Å². The first kappa shape index (κ1) is 68.8. The first-order valence-electron chi connectivity index (χ1n) is 28.6. The van der Waals surface area contributed by atoms with E-state index >= 15 is 0 Å². The Morgan fingerprint density at radius 1 is 0.527 bits per heavy atom. The molecular weight excluding hydrogens is 957 g/mol. The van der Waals surface area contributed by atoms with Crippen LogP contribution >= 0.6 is 0 Å². The van der Waals surface area contributed by atoms with Crippen molar-refractivity contribution in [3.8, 4) is 0 Å². The van der Waals surface area contributed by atoms with E-state index in [1.54, 1.807) is 0 Å². The molecule has 6 unspecified atom stereocenters. The van der Waals surface area contributed by atoms with Crippen molar-refractivity contribution < 1.29 is 56.2 Å². The van der Waals surface area contributed by atoms with Crippen LogP contribution < -0.4 is 0 Å². The van der Waals surface area contributed by atoms with E-state index in [9.17, 15) is 33.1 Å². The summed E-state index contributed by atoms with van der Waals surface area (Å²) in [5.74, 6) is -0.420. The molecule has 1 fully saturated rings. The number of esters is 1. The van der Waals surface area contributed by atoms with Crippen LogP contribution in [0.2, 0.25) is 0 Å². The molecule has 1 aliphatic rings. The molecule has 0 spiro atoms. The average molecular weight is 1060 g/mol. The van der Waals surface area contributed by atoms with Crippen LogP contribution in [0.4, 0.5) is 0 Å². The lowest BCUT2D eigenvalue weighted by Gasteiger charge is -2.41. The summed E-state index contributed by atoms with van der Waals surface area (Å²) < 4.78 is 59.4. The highest BCUT2D eigenvalue weighted by molar-refractivity contribution is 7.80. The Labute approximate surface area is 449 Å². The molecule has 0 aromatic rings. The van der Waals surface area contributed by atoms with Crippen LogP contribution in [0.5, 0.6) is 0 Å². The van der Waals surface area contributed by atoms with Gasteiger partial charge in [-0.05, 0) is 103 Å². The summed E-state index contributed by atoms with van der Waals surface area (Å²) in [5.41, 5.74) is 0. The lowest BCUT2D eigenvalue weighted by Crippen LogP contribution is -2.60. The van der Waals surface area contributed by atoms with Crippen molar-refractivity contribution >= 4 is 16.4 Å². The minimum Gasteiger partial charge on any atom is -0.457 e. The third kappa shape index (κ3) is 42.9. The topological polar surface area (TPSA) is 178 Å². The molecule has 13 heteroatoms. The normalized spacial score (nSPS) is 19.6. The van der Waals surface area contributed by atoms with Gasteiger partial charge < -0.3 is 34.3 Å². The molecule has 4 N–H and O–H groups in total. The van der Waals surface area contributed by atoms with Crippen LogP contribution in [0.25, 0.3) is 0 Å². The number of ether oxygens (including phenoxy) is 4. The van der Waals surface area contributed by atoms with Crippen LogP contribution in [0.3, 0.4) is 0 Å². The molecule has 1 aliphatic heterocycles. The van der Waals surface area contributed by atoms with E-state index in [0.29, 0.717) is 13.0 Å². The Morgan fingerprint density at radius 3 is 1.36 bits per heavy atom. The Hall–Kier alpha value is -3.24. The molecule has 424 valence electrons. The monoisotopic (exact) mass is 1060 g/mol. The molecule has 0 aliphatic carbocycles. The van der Waals surface area contributed by atoms with Crippen molar-refractivity contribution in [3.63, 3.8) is 0 Å². The molecule has 0 bridgehead atoms. The minimum absolute atomic E-state index is 0.00164. The molecule has 0 amide bonds. The average Bonchev–Trinajstić information content (AvgIpc) is 3.38. The molecule has 74 heavy (non-hydrogen) atoms. The van der Waals surface area contributed by atoms with E-state index in [1.165, 1.54) is 89.9 Å². The Balaban J connectivity index is 2.36. The molecule has 12 nitrogen and oxygen atoms in total. The molecule has 1 saturated heterocycles. The highest BCUT2D eigenvalue weighted by Crippen LogP contribution is 2.26. The summed E-state index contributed by atoms with van der Waals surface area (Å²) in [5, 5.41) is 30.8. The van der Waals surface area contributed by atoms with E-state index in [-0.39, 0.29) is 19.6 Å². The van der Waals surface area contributed by atoms with Crippen LogP contribution in [0.1, 0.15) is 206 Å². The largest absolute Gasteiger partial charge is 0.457 e. The number of rotatable bonds is 49. The van der Waals surface area contributed by atoms with Gasteiger partial charge in [0.1, 0.15) is 30.5 Å². The molecule has 6 atom stereocenters. The predicted molar refractivity (Wildman–Crippen MR) is 303 cm³/mol. The molecule has 1 heterocycles. The number of hydrogen-bond donors (Lipinski definition) is 4. The summed E-state index contributed by atoms with van der Waals surface area (Å²) >= 11 is 0. The van der Waals surface area contributed by atoms with E-state index in [4.69, 9.17) is 18.9 Å². The molecule has 0 saturated carbocycles. The maximum absolute atomic E-state index is 13.0. The highest BCUT2D eigenvalue weighted by Gasteiger charge is 2.48. The molecule has 0 radical (unpaired) electrons. The summed E-state index contributed by atoms with van der Waals surface area (Å²) in [4.78, 5) is 13.0. The van der Waals surface area contributed by atoms with Gasteiger partial charge in [0.15, 0.2) is 6.29 Å². The highest BCUT2D eigenvalue weighted by atomic mass is 32.3. The predicted octanol–water partition coefficient (Wildman–Crippen LogP) is 14.3. The smallest absolute Gasteiger partial charge is 0.397 e. The van der Waals surface area contributed by atoms with E-state index in [2.05, 4.69) is 127 Å². The van der Waals surface area contributed by atoms with Crippen molar-refractivity contribution in [1.29, 1.82) is 0 Å². The maximum Gasteiger partial charge on any atom is 0.397 e. The van der Waals surface area contributed by atoms with Gasteiger partial charge in [0, 0.05) is 13.0 Å². The summed E-state index contributed by atoms with van der Waals surface area (Å²) in [6.07, 6.45) is 62.7. The maximum atomic E-state index is 13.0. The van der Waals surface area contributed by atoms with E-state index in [0.717, 1.165) is 89.9 Å². The first-order valence-corrected chi connectivity index (χ1v) is 30.0. The van der Waals surface area contributed by atoms with Crippen molar-refractivity contribution in [3.05, 3.63) is 109 Å². The SMILES string of the molecule is CC/C=C\C/C=C\C/C=C\C/C=C\C/C=C\C/C=C\C/C=C\CCCCOCC(COC1OC(CO)C(O)C(OS(=O)(=O)O)C1O)OC(=O)CCCCCCCCCCCCC/C=C\C/C=C\CCCCCCC. The fraction of sp³-hybridized carbons (Fsp3) is 0.689. The zero-order chi connectivity index (χ0) is 53.8. The molecule has 0 aromatic heterocycles. The third-order valence-corrected chi connectivity index (χ3v) is 12.8. The van der Waals surface area contributed by atoms with E-state index < -0.39 is 59.8 Å². The van der Waals surface area contributed by atoms with Crippen molar-refractivity contribution in [2.75, 3.05) is 26.4 Å². The fourth-order valence-corrected chi connectivity index (χ4v) is 8.60. The van der Waals surface area contributed by atoms with Crippen molar-refractivity contribution in [1.82, 2.24) is 0 Å². The second-order valence-corrected chi connectivity index (χ2v) is 20.2. The number of unbranched alkanes of at least 4 members (excludes halogenated alkanes) is 18. The lowest BCUT2D eigenvalue weighted by atomic mass is 9.99. The minimum atomic E-state index is -5.08. The van der Waals surface area contributed by atoms with Crippen LogP contribution in [-0.2, 0) is 38.3 Å². The number of carbonyl (C=O) groups is 1. The molecule has 0 aromatic carbocycles. The van der Waals surface area contributed by atoms with Gasteiger partial charge in [0.2, 0.25) is 0 Å². The zero-order valence-electron chi connectivity index (χ0n) is 45.9. The van der Waals surface area contributed by atoms with Crippen LogP contribution in [0.15, 0.2) is 109 Å². The second-order valence-electron chi connectivity index (χ2n) is 19.1.